The Labute approximate surface area is 650 Å². The minimum absolute atomic E-state index is 0.922. The standard InChI is InChI=1S/C40H23NO.C34H19NO.C33H18N2O/c1-2-9-24(10-3-1)26-12-6-13-27(21-26)41-34-17-8-16-30-32-23-37-33(28-14-4-5-18-36(28)42-37)22-31(32)29-15-7-11-25-19-20-35(41)40(38(25)29)39(30)34;1-2-9-21(10-3-1)35-28-14-7-13-24-26-19-31-27(22-11-4-5-15-30(22)36-31)18-25(26)23-12-6-8-20-16-17-29(35)34(32(20)23)33(24)28;1-2-12-28-20(8-1)25-17-23-21-9-5-7-19-14-15-27-33(31(19)21)32-22(24(23)18-29(25)36-28)10-6-11-26(32)35(27)30-13-3-4-16-34-30/h1-23H;1-19H;1-18H. The molecule has 0 atom stereocenters. The summed E-state index contributed by atoms with van der Waals surface area (Å²) >= 11 is 0. The molecule has 28 rings (SSSR count). The number of benzene rings is 18. The van der Waals surface area contributed by atoms with Gasteiger partial charge in [0.25, 0.3) is 0 Å². The molecular weight excluding hydrogens is 1390 g/mol. The van der Waals surface area contributed by atoms with E-state index < -0.39 is 0 Å². The first-order valence-corrected chi connectivity index (χ1v) is 39.0. The summed E-state index contributed by atoms with van der Waals surface area (Å²) in [5, 5.41) is 22.5. The van der Waals surface area contributed by atoms with E-state index in [0.29, 0.717) is 0 Å². The lowest BCUT2D eigenvalue weighted by Crippen LogP contribution is -1.97. The maximum absolute atomic E-state index is 6.40. The van der Waals surface area contributed by atoms with Gasteiger partial charge in [-0.1, -0.05) is 231 Å². The fourth-order valence-corrected chi connectivity index (χ4v) is 20.1. The molecule has 0 spiro atoms. The van der Waals surface area contributed by atoms with E-state index in [1.165, 1.54) is 192 Å². The second-order valence-corrected chi connectivity index (χ2v) is 30.6. The normalized spacial score (nSPS) is 12.4. The Bertz CT molecular complexity index is 8220. The first-order valence-electron chi connectivity index (χ1n) is 39.0. The van der Waals surface area contributed by atoms with E-state index in [9.17, 15) is 0 Å². The van der Waals surface area contributed by atoms with Crippen molar-refractivity contribution in [1.82, 2.24) is 18.7 Å². The van der Waals surface area contributed by atoms with E-state index in [1.807, 2.05) is 36.5 Å². The van der Waals surface area contributed by atoms with Crippen LogP contribution >= 0.6 is 0 Å². The van der Waals surface area contributed by atoms with Crippen LogP contribution in [0.15, 0.2) is 377 Å². The summed E-state index contributed by atoms with van der Waals surface area (Å²) in [7, 11) is 0. The predicted octanol–water partition coefficient (Wildman–Crippen LogP) is 29.5. The molecule has 18 aromatic carbocycles. The molecule has 0 saturated carbocycles. The zero-order valence-corrected chi connectivity index (χ0v) is 61.2. The summed E-state index contributed by atoms with van der Waals surface area (Å²) in [6.07, 6.45) is 1.86. The Morgan fingerprint density at radius 1 is 0.184 bits per heavy atom. The van der Waals surface area contributed by atoms with Gasteiger partial charge in [-0.05, 0) is 238 Å². The van der Waals surface area contributed by atoms with Crippen LogP contribution in [-0.2, 0) is 0 Å². The molecule has 25 aromatic rings. The van der Waals surface area contributed by atoms with Crippen LogP contribution in [0.1, 0.15) is 0 Å². The number of nitrogens with zero attached hydrogens (tertiary/aromatic N) is 4. The topological polar surface area (TPSA) is 67.1 Å². The number of hydrogen-bond donors (Lipinski definition) is 0. The molecule has 114 heavy (non-hydrogen) atoms. The maximum Gasteiger partial charge on any atom is 0.137 e. The molecule has 7 nitrogen and oxygen atoms in total. The average molecular weight is 1450 g/mol. The lowest BCUT2D eigenvalue weighted by molar-refractivity contribution is 0.668. The number of hydrogen-bond acceptors (Lipinski definition) is 4. The van der Waals surface area contributed by atoms with Crippen molar-refractivity contribution < 1.29 is 13.3 Å². The van der Waals surface area contributed by atoms with Gasteiger partial charge in [0.15, 0.2) is 0 Å². The lowest BCUT2D eigenvalue weighted by atomic mass is 9.92. The Morgan fingerprint density at radius 2 is 0.518 bits per heavy atom. The van der Waals surface area contributed by atoms with E-state index in [4.69, 9.17) is 18.2 Å². The van der Waals surface area contributed by atoms with Gasteiger partial charge >= 0.3 is 0 Å². The zero-order valence-electron chi connectivity index (χ0n) is 61.2. The van der Waals surface area contributed by atoms with Crippen LogP contribution in [0.25, 0.3) is 259 Å². The molecule has 526 valence electrons. The molecule has 3 aliphatic carbocycles. The second kappa shape index (κ2) is 23.1. The first kappa shape index (κ1) is 61.6. The lowest BCUT2D eigenvalue weighted by Gasteiger charge is -2.14. The number of fused-ring (bicyclic) bond motifs is 18. The quantitative estimate of drug-likeness (QED) is 0.176. The third kappa shape index (κ3) is 8.50. The Hall–Kier alpha value is -15.3. The molecule has 0 bridgehead atoms. The number of furan rings is 3. The van der Waals surface area contributed by atoms with E-state index in [1.54, 1.807) is 0 Å². The van der Waals surface area contributed by atoms with Crippen molar-refractivity contribution in [2.75, 3.05) is 0 Å². The smallest absolute Gasteiger partial charge is 0.137 e. The Balaban J connectivity index is 0.0000000945. The molecule has 0 amide bonds. The van der Waals surface area contributed by atoms with Crippen molar-refractivity contribution in [2.24, 2.45) is 0 Å². The van der Waals surface area contributed by atoms with Gasteiger partial charge in [0.05, 0.1) is 33.1 Å². The number of para-hydroxylation sites is 4. The minimum atomic E-state index is 0.922. The second-order valence-electron chi connectivity index (χ2n) is 30.6. The van der Waals surface area contributed by atoms with Gasteiger partial charge < -0.3 is 22.4 Å². The summed E-state index contributed by atoms with van der Waals surface area (Å²) in [5.74, 6) is 0.931. The van der Waals surface area contributed by atoms with Crippen LogP contribution in [-0.4, -0.2) is 18.7 Å². The summed E-state index contributed by atoms with van der Waals surface area (Å²) in [5.41, 5.74) is 32.6. The van der Waals surface area contributed by atoms with Crippen molar-refractivity contribution in [1.29, 1.82) is 0 Å². The number of pyridine rings is 1. The molecule has 7 aromatic heterocycles. The van der Waals surface area contributed by atoms with Crippen LogP contribution < -0.4 is 0 Å². The minimum Gasteiger partial charge on any atom is -0.456 e. The van der Waals surface area contributed by atoms with Gasteiger partial charge in [-0.25, -0.2) is 4.98 Å². The van der Waals surface area contributed by atoms with Gasteiger partial charge in [0, 0.05) is 82.2 Å². The highest BCUT2D eigenvalue weighted by Crippen LogP contribution is 2.56. The maximum atomic E-state index is 6.40. The van der Waals surface area contributed by atoms with Gasteiger partial charge in [-0.2, -0.15) is 0 Å². The highest BCUT2D eigenvalue weighted by Gasteiger charge is 2.31. The number of aromatic nitrogens is 4. The van der Waals surface area contributed by atoms with Crippen molar-refractivity contribution in [2.45, 2.75) is 0 Å². The molecule has 0 unspecified atom stereocenters. The van der Waals surface area contributed by atoms with E-state index in [2.05, 4.69) is 341 Å². The van der Waals surface area contributed by atoms with Crippen LogP contribution in [0.5, 0.6) is 0 Å². The Kier molecular flexibility index (Phi) is 12.5. The van der Waals surface area contributed by atoms with E-state index >= 15 is 0 Å². The molecule has 0 radical (unpaired) electrons. The predicted molar refractivity (Wildman–Crippen MR) is 473 cm³/mol. The molecule has 0 N–H and O–H groups in total. The van der Waals surface area contributed by atoms with Crippen LogP contribution in [0, 0.1) is 0 Å². The van der Waals surface area contributed by atoms with Crippen molar-refractivity contribution in [3.63, 3.8) is 0 Å². The van der Waals surface area contributed by atoms with Crippen molar-refractivity contribution in [3.8, 4) is 95.1 Å². The van der Waals surface area contributed by atoms with Gasteiger partial charge in [-0.15, -0.1) is 0 Å². The Morgan fingerprint density at radius 3 is 0.956 bits per heavy atom. The highest BCUT2D eigenvalue weighted by atomic mass is 16.3. The zero-order chi connectivity index (χ0) is 74.1. The first-order chi connectivity index (χ1) is 56.6. The largest absolute Gasteiger partial charge is 0.456 e. The van der Waals surface area contributed by atoms with E-state index in [0.717, 1.165) is 66.2 Å². The van der Waals surface area contributed by atoms with Gasteiger partial charge in [0.1, 0.15) is 39.3 Å². The van der Waals surface area contributed by atoms with Crippen LogP contribution in [0.4, 0.5) is 0 Å². The average Bonchev–Trinajstić information content (AvgIpc) is 1.55. The molecular formula is C107H60N4O3. The van der Waals surface area contributed by atoms with E-state index in [-0.39, 0.29) is 0 Å². The van der Waals surface area contributed by atoms with Crippen LogP contribution in [0.3, 0.4) is 0 Å². The summed E-state index contributed by atoms with van der Waals surface area (Å²) in [6, 6.07) is 129. The summed E-state index contributed by atoms with van der Waals surface area (Å²) in [6.45, 7) is 0. The fourth-order valence-electron chi connectivity index (χ4n) is 20.1. The van der Waals surface area contributed by atoms with Gasteiger partial charge in [-0.3, -0.25) is 4.57 Å². The third-order valence-corrected chi connectivity index (χ3v) is 24.8. The molecule has 0 fully saturated rings. The third-order valence-electron chi connectivity index (χ3n) is 24.8. The summed E-state index contributed by atoms with van der Waals surface area (Å²) in [4.78, 5) is 4.73. The van der Waals surface area contributed by atoms with Crippen LogP contribution in [0.2, 0.25) is 0 Å². The highest BCUT2D eigenvalue weighted by molar-refractivity contribution is 6.35. The molecule has 7 heterocycles. The molecule has 7 heteroatoms. The summed E-state index contributed by atoms with van der Waals surface area (Å²) < 4.78 is 26.2. The monoisotopic (exact) mass is 1450 g/mol. The van der Waals surface area contributed by atoms with Crippen molar-refractivity contribution >= 4 is 164 Å². The number of rotatable bonds is 4. The molecule has 0 aliphatic heterocycles. The van der Waals surface area contributed by atoms with Crippen molar-refractivity contribution in [3.05, 3.63) is 364 Å². The SMILES string of the molecule is c1ccc(-c2cccc(-n3c4cccc5c4c4c6c(cccc6ccc43)-c3cc4c(cc3-5)oc3ccccc34)c2)cc1.c1ccc(-n2c3cccc4c3c3c5c(cccc5ccc32)-c2cc3c(cc2-4)oc2ccccc23)cc1.c1ccc(-n2c3cccc4c3c3c5c(cccc5ccc32)-c2cc3c(cc2-4)oc2ccccc23)nc1. The molecule has 0 saturated heterocycles. The fraction of sp³-hybridized carbons (Fsp3) is 0. The van der Waals surface area contributed by atoms with Gasteiger partial charge in [0.2, 0.25) is 0 Å². The molecule has 3 aliphatic rings.